The van der Waals surface area contributed by atoms with Crippen LogP contribution in [0.25, 0.3) is 43.1 Å². The standard InChI is InChI=1S/C34H35N5/c1-5-13-29-25(9-1)21-26-10-2-6-14-30(26)33(29)23-35-17-19-37-39-38-20-18-36-24-34-31-15-7-3-11-27(31)22-28-12-4-8-16-32(28)34/h1-16,21-22,35-39H,17-20,23-24H2. The molecule has 0 saturated carbocycles. The highest BCUT2D eigenvalue weighted by Gasteiger charge is 2.08. The van der Waals surface area contributed by atoms with Crippen LogP contribution >= 0.6 is 0 Å². The SMILES string of the molecule is c1ccc2c(CNCCNNNCCNCc3c4ccccc4cc4ccccc34)c3ccccc3cc2c1. The highest BCUT2D eigenvalue weighted by molar-refractivity contribution is 6.03. The maximum absolute atomic E-state index is 3.60. The molecule has 5 nitrogen and oxygen atoms in total. The van der Waals surface area contributed by atoms with Crippen LogP contribution in [0.15, 0.2) is 109 Å². The van der Waals surface area contributed by atoms with Gasteiger partial charge < -0.3 is 10.6 Å². The number of hydrogen-bond acceptors (Lipinski definition) is 5. The van der Waals surface area contributed by atoms with Crippen molar-refractivity contribution in [1.29, 1.82) is 0 Å². The van der Waals surface area contributed by atoms with Gasteiger partial charge in [-0.3, -0.25) is 0 Å². The molecule has 0 aliphatic rings. The molecule has 5 heteroatoms. The van der Waals surface area contributed by atoms with E-state index in [-0.39, 0.29) is 0 Å². The summed E-state index contributed by atoms with van der Waals surface area (Å²) in [6, 6.07) is 39.2. The Labute approximate surface area is 229 Å². The Bertz CT molecular complexity index is 1480. The molecule has 0 radical (unpaired) electrons. The zero-order valence-corrected chi connectivity index (χ0v) is 22.1. The lowest BCUT2D eigenvalue weighted by atomic mass is 9.97. The van der Waals surface area contributed by atoms with Gasteiger partial charge in [-0.05, 0) is 66.3 Å². The summed E-state index contributed by atoms with van der Waals surface area (Å²) < 4.78 is 0. The largest absolute Gasteiger partial charge is 0.311 e. The van der Waals surface area contributed by atoms with Gasteiger partial charge in [0, 0.05) is 39.3 Å². The minimum Gasteiger partial charge on any atom is -0.311 e. The van der Waals surface area contributed by atoms with Crippen LogP contribution in [0.3, 0.4) is 0 Å². The molecule has 0 amide bonds. The third-order valence-electron chi connectivity index (χ3n) is 7.40. The van der Waals surface area contributed by atoms with E-state index < -0.39 is 0 Å². The second-order valence-corrected chi connectivity index (χ2v) is 9.93. The van der Waals surface area contributed by atoms with Crippen LogP contribution in [0.4, 0.5) is 0 Å². The van der Waals surface area contributed by atoms with Gasteiger partial charge >= 0.3 is 0 Å². The molecule has 0 atom stereocenters. The summed E-state index contributed by atoms with van der Waals surface area (Å²) in [5.74, 6) is 0. The molecular formula is C34H35N5. The first-order valence-electron chi connectivity index (χ1n) is 13.8. The van der Waals surface area contributed by atoms with Crippen LogP contribution in [0.5, 0.6) is 0 Å². The summed E-state index contributed by atoms with van der Waals surface area (Å²) >= 11 is 0. The van der Waals surface area contributed by atoms with Gasteiger partial charge in [-0.1, -0.05) is 97.1 Å². The van der Waals surface area contributed by atoms with E-state index in [4.69, 9.17) is 0 Å². The van der Waals surface area contributed by atoms with E-state index in [1.807, 2.05) is 0 Å². The van der Waals surface area contributed by atoms with Gasteiger partial charge in [-0.15, -0.1) is 0 Å². The molecule has 6 aromatic rings. The number of hydrogen-bond donors (Lipinski definition) is 5. The summed E-state index contributed by atoms with van der Waals surface area (Å²) in [6.45, 7) is 5.01. The van der Waals surface area contributed by atoms with E-state index in [9.17, 15) is 0 Å². The molecule has 0 aromatic heterocycles. The summed E-state index contributed by atoms with van der Waals surface area (Å²) in [5, 5.41) is 17.6. The Hall–Kier alpha value is -3.84. The highest BCUT2D eigenvalue weighted by atomic mass is 15.6. The normalized spacial score (nSPS) is 11.7. The first kappa shape index (κ1) is 25.4. The molecule has 0 heterocycles. The van der Waals surface area contributed by atoms with E-state index in [0.717, 1.165) is 39.3 Å². The maximum Gasteiger partial charge on any atom is 0.0238 e. The number of hydrazine groups is 2. The number of rotatable bonds is 12. The van der Waals surface area contributed by atoms with Crippen LogP contribution in [0, 0.1) is 0 Å². The van der Waals surface area contributed by atoms with Crippen LogP contribution in [-0.2, 0) is 13.1 Å². The Morgan fingerprint density at radius 2 is 0.718 bits per heavy atom. The second-order valence-electron chi connectivity index (χ2n) is 9.93. The Kier molecular flexibility index (Phi) is 8.05. The Morgan fingerprint density at radius 1 is 0.385 bits per heavy atom. The Balaban J connectivity index is 0.929. The molecular weight excluding hydrogens is 478 g/mol. The zero-order chi connectivity index (χ0) is 26.3. The van der Waals surface area contributed by atoms with E-state index in [1.54, 1.807) is 0 Å². The van der Waals surface area contributed by atoms with E-state index in [0.29, 0.717) is 0 Å². The zero-order valence-electron chi connectivity index (χ0n) is 22.1. The van der Waals surface area contributed by atoms with Crippen molar-refractivity contribution in [2.24, 2.45) is 0 Å². The van der Waals surface area contributed by atoms with E-state index in [1.165, 1.54) is 54.2 Å². The molecule has 0 spiro atoms. The lowest BCUT2D eigenvalue weighted by Crippen LogP contribution is -2.47. The molecule has 6 rings (SSSR count). The molecule has 39 heavy (non-hydrogen) atoms. The fourth-order valence-electron chi connectivity index (χ4n) is 5.51. The summed E-state index contributed by atoms with van der Waals surface area (Å²) in [7, 11) is 0. The predicted molar refractivity (Wildman–Crippen MR) is 165 cm³/mol. The van der Waals surface area contributed by atoms with Gasteiger partial charge in [0.05, 0.1) is 0 Å². The van der Waals surface area contributed by atoms with Crippen molar-refractivity contribution in [2.45, 2.75) is 13.1 Å². The highest BCUT2D eigenvalue weighted by Crippen LogP contribution is 2.29. The van der Waals surface area contributed by atoms with E-state index in [2.05, 4.69) is 136 Å². The summed E-state index contributed by atoms with van der Waals surface area (Å²) in [4.78, 5) is 0. The quantitative estimate of drug-likeness (QED) is 0.0816. The maximum atomic E-state index is 3.60. The predicted octanol–water partition coefficient (Wildman–Crippen LogP) is 5.78. The number of nitrogens with one attached hydrogen (secondary N) is 5. The topological polar surface area (TPSA) is 60.1 Å². The van der Waals surface area contributed by atoms with Crippen molar-refractivity contribution in [2.75, 3.05) is 26.2 Å². The van der Waals surface area contributed by atoms with Gasteiger partial charge in [-0.2, -0.15) is 5.53 Å². The van der Waals surface area contributed by atoms with E-state index >= 15 is 0 Å². The smallest absolute Gasteiger partial charge is 0.0238 e. The Morgan fingerprint density at radius 3 is 1.08 bits per heavy atom. The third-order valence-corrected chi connectivity index (χ3v) is 7.40. The monoisotopic (exact) mass is 513 g/mol. The summed E-state index contributed by atoms with van der Waals surface area (Å²) in [5.41, 5.74) is 12.3. The molecule has 0 fully saturated rings. The molecule has 5 N–H and O–H groups in total. The molecule has 0 aliphatic heterocycles. The van der Waals surface area contributed by atoms with Crippen LogP contribution in [0.2, 0.25) is 0 Å². The molecule has 0 unspecified atom stereocenters. The van der Waals surface area contributed by atoms with Crippen LogP contribution in [-0.4, -0.2) is 26.2 Å². The number of fused-ring (bicyclic) bond motifs is 4. The number of benzene rings is 6. The van der Waals surface area contributed by atoms with Crippen LogP contribution in [0.1, 0.15) is 11.1 Å². The average Bonchev–Trinajstić information content (AvgIpc) is 2.98. The van der Waals surface area contributed by atoms with Gasteiger partial charge in [0.15, 0.2) is 0 Å². The van der Waals surface area contributed by atoms with Crippen molar-refractivity contribution in [3.05, 3.63) is 120 Å². The van der Waals surface area contributed by atoms with Gasteiger partial charge in [0.1, 0.15) is 0 Å². The van der Waals surface area contributed by atoms with Gasteiger partial charge in [0.25, 0.3) is 0 Å². The molecule has 196 valence electrons. The van der Waals surface area contributed by atoms with Crippen LogP contribution < -0.4 is 27.0 Å². The fraction of sp³-hybridized carbons (Fsp3) is 0.176. The minimum atomic E-state index is 0.811. The molecule has 0 bridgehead atoms. The average molecular weight is 514 g/mol. The van der Waals surface area contributed by atoms with Crippen molar-refractivity contribution in [3.63, 3.8) is 0 Å². The van der Waals surface area contributed by atoms with Gasteiger partial charge in [0.2, 0.25) is 0 Å². The first-order valence-corrected chi connectivity index (χ1v) is 13.8. The molecule has 6 aromatic carbocycles. The molecule has 0 aliphatic carbocycles. The lowest BCUT2D eigenvalue weighted by molar-refractivity contribution is 0.424. The second kappa shape index (κ2) is 12.3. The third kappa shape index (κ3) is 5.78. The van der Waals surface area contributed by atoms with Gasteiger partial charge in [-0.25, -0.2) is 10.9 Å². The van der Waals surface area contributed by atoms with Crippen molar-refractivity contribution in [1.82, 2.24) is 27.0 Å². The van der Waals surface area contributed by atoms with Crippen molar-refractivity contribution in [3.8, 4) is 0 Å². The lowest BCUT2D eigenvalue weighted by Gasteiger charge is -2.14. The first-order chi connectivity index (χ1) is 19.4. The molecule has 0 saturated heterocycles. The van der Waals surface area contributed by atoms with Crippen molar-refractivity contribution >= 4 is 43.1 Å². The van der Waals surface area contributed by atoms with Crippen molar-refractivity contribution < 1.29 is 0 Å². The summed E-state index contributed by atoms with van der Waals surface area (Å²) in [6.07, 6.45) is 0. The fourth-order valence-corrected chi connectivity index (χ4v) is 5.51. The minimum absolute atomic E-state index is 0.811.